The zero-order valence-corrected chi connectivity index (χ0v) is 12.3. The number of rotatable bonds is 5. The van der Waals surface area contributed by atoms with Crippen LogP contribution in [0.5, 0.6) is 5.88 Å². The number of hydrogen-bond acceptors (Lipinski definition) is 4. The van der Waals surface area contributed by atoms with Crippen molar-refractivity contribution in [3.05, 3.63) is 24.0 Å². The number of aromatic nitrogens is 2. The van der Waals surface area contributed by atoms with Crippen LogP contribution in [0, 0.1) is 11.8 Å². The minimum atomic E-state index is 0.544. The van der Waals surface area contributed by atoms with Gasteiger partial charge in [0.05, 0.1) is 6.61 Å². The summed E-state index contributed by atoms with van der Waals surface area (Å²) in [5, 5.41) is 3.09. The molecule has 108 valence electrons. The SMILES string of the molecule is CNc1cc(OCC2CC=CCC2C)nc(C2CC2)n1. The maximum atomic E-state index is 5.95. The second-order valence-corrected chi connectivity index (χ2v) is 5.97. The Kier molecular flexibility index (Phi) is 3.90. The van der Waals surface area contributed by atoms with E-state index in [0.717, 1.165) is 31.1 Å². The third kappa shape index (κ3) is 3.11. The van der Waals surface area contributed by atoms with Crippen molar-refractivity contribution in [3.8, 4) is 5.88 Å². The average Bonchev–Trinajstić information content (AvgIpc) is 3.31. The zero-order valence-electron chi connectivity index (χ0n) is 12.3. The van der Waals surface area contributed by atoms with Gasteiger partial charge in [-0.25, -0.2) is 4.98 Å². The van der Waals surface area contributed by atoms with Crippen LogP contribution < -0.4 is 10.1 Å². The van der Waals surface area contributed by atoms with E-state index in [4.69, 9.17) is 4.74 Å². The molecule has 2 atom stereocenters. The lowest BCUT2D eigenvalue weighted by molar-refractivity contribution is 0.192. The second kappa shape index (κ2) is 5.81. The predicted molar refractivity (Wildman–Crippen MR) is 80.1 cm³/mol. The fourth-order valence-electron chi connectivity index (χ4n) is 2.60. The van der Waals surface area contributed by atoms with Crippen molar-refractivity contribution >= 4 is 5.82 Å². The number of ether oxygens (including phenoxy) is 1. The van der Waals surface area contributed by atoms with E-state index in [1.54, 1.807) is 0 Å². The molecule has 2 unspecified atom stereocenters. The molecule has 1 aromatic heterocycles. The van der Waals surface area contributed by atoms with E-state index in [1.807, 2.05) is 13.1 Å². The summed E-state index contributed by atoms with van der Waals surface area (Å²) >= 11 is 0. The Morgan fingerprint density at radius 2 is 2.05 bits per heavy atom. The molecule has 2 aliphatic rings. The highest BCUT2D eigenvalue weighted by Gasteiger charge is 2.27. The molecule has 4 heteroatoms. The number of nitrogens with one attached hydrogen (secondary N) is 1. The molecule has 1 N–H and O–H groups in total. The van der Waals surface area contributed by atoms with E-state index in [0.29, 0.717) is 23.6 Å². The molecule has 20 heavy (non-hydrogen) atoms. The molecule has 1 saturated carbocycles. The van der Waals surface area contributed by atoms with Gasteiger partial charge in [0.1, 0.15) is 11.6 Å². The highest BCUT2D eigenvalue weighted by molar-refractivity contribution is 5.38. The van der Waals surface area contributed by atoms with Crippen molar-refractivity contribution in [2.24, 2.45) is 11.8 Å². The fraction of sp³-hybridized carbons (Fsp3) is 0.625. The van der Waals surface area contributed by atoms with Crippen LogP contribution in [0.2, 0.25) is 0 Å². The molecule has 0 radical (unpaired) electrons. The number of hydrogen-bond donors (Lipinski definition) is 1. The molecule has 1 fully saturated rings. The first kappa shape index (κ1) is 13.4. The molecule has 0 amide bonds. The van der Waals surface area contributed by atoms with Crippen LogP contribution in [0.1, 0.15) is 44.3 Å². The maximum Gasteiger partial charge on any atom is 0.218 e. The van der Waals surface area contributed by atoms with Crippen molar-refractivity contribution in [1.82, 2.24) is 9.97 Å². The van der Waals surface area contributed by atoms with Gasteiger partial charge in [0.25, 0.3) is 0 Å². The molecule has 0 aliphatic heterocycles. The Morgan fingerprint density at radius 3 is 2.75 bits per heavy atom. The summed E-state index contributed by atoms with van der Waals surface area (Å²) in [7, 11) is 1.89. The molecule has 0 saturated heterocycles. The van der Waals surface area contributed by atoms with E-state index in [-0.39, 0.29) is 0 Å². The van der Waals surface area contributed by atoms with E-state index < -0.39 is 0 Å². The fourth-order valence-corrected chi connectivity index (χ4v) is 2.60. The van der Waals surface area contributed by atoms with Crippen LogP contribution in [-0.2, 0) is 0 Å². The van der Waals surface area contributed by atoms with Crippen molar-refractivity contribution in [2.75, 3.05) is 19.0 Å². The molecule has 1 heterocycles. The third-order valence-electron chi connectivity index (χ3n) is 4.28. The van der Waals surface area contributed by atoms with Gasteiger partial charge in [0.15, 0.2) is 0 Å². The van der Waals surface area contributed by atoms with Crippen molar-refractivity contribution < 1.29 is 4.74 Å². The lowest BCUT2D eigenvalue weighted by Crippen LogP contribution is -2.21. The quantitative estimate of drug-likeness (QED) is 0.835. The van der Waals surface area contributed by atoms with Gasteiger partial charge in [-0.3, -0.25) is 0 Å². The van der Waals surface area contributed by atoms with Gasteiger partial charge in [-0.1, -0.05) is 19.1 Å². The largest absolute Gasteiger partial charge is 0.477 e. The normalized spacial score (nSPS) is 25.5. The van der Waals surface area contributed by atoms with Crippen molar-refractivity contribution in [3.63, 3.8) is 0 Å². The first-order valence-corrected chi connectivity index (χ1v) is 7.61. The van der Waals surface area contributed by atoms with Crippen LogP contribution in [0.3, 0.4) is 0 Å². The molecule has 0 bridgehead atoms. The van der Waals surface area contributed by atoms with Crippen LogP contribution in [0.25, 0.3) is 0 Å². The molecular weight excluding hydrogens is 250 g/mol. The van der Waals surface area contributed by atoms with Crippen molar-refractivity contribution in [2.45, 2.75) is 38.5 Å². The number of allylic oxidation sites excluding steroid dienone is 2. The monoisotopic (exact) mass is 273 g/mol. The third-order valence-corrected chi connectivity index (χ3v) is 4.28. The summed E-state index contributed by atoms with van der Waals surface area (Å²) in [6.07, 6.45) is 9.22. The first-order chi connectivity index (χ1) is 9.76. The van der Waals surface area contributed by atoms with Gasteiger partial charge in [-0.05, 0) is 37.5 Å². The molecule has 2 aliphatic carbocycles. The standard InChI is InChI=1S/C16H23N3O/c1-11-5-3-4-6-13(11)10-20-15-9-14(17-2)18-16(19-15)12-7-8-12/h3-4,9,11-13H,5-8,10H2,1-2H3,(H,17,18,19). The van der Waals surface area contributed by atoms with E-state index in [9.17, 15) is 0 Å². The summed E-state index contributed by atoms with van der Waals surface area (Å²) < 4.78 is 5.95. The lowest BCUT2D eigenvalue weighted by Gasteiger charge is -2.25. The Morgan fingerprint density at radius 1 is 1.25 bits per heavy atom. The highest BCUT2D eigenvalue weighted by atomic mass is 16.5. The van der Waals surface area contributed by atoms with Crippen LogP contribution >= 0.6 is 0 Å². The van der Waals surface area contributed by atoms with Crippen molar-refractivity contribution in [1.29, 1.82) is 0 Å². The topological polar surface area (TPSA) is 47.0 Å². The predicted octanol–water partition coefficient (Wildman–Crippen LogP) is 3.38. The molecule has 0 aromatic carbocycles. The summed E-state index contributed by atoms with van der Waals surface area (Å²) in [6, 6.07) is 1.90. The number of anilines is 1. The summed E-state index contributed by atoms with van der Waals surface area (Å²) in [4.78, 5) is 9.07. The first-order valence-electron chi connectivity index (χ1n) is 7.61. The van der Waals surface area contributed by atoms with Gasteiger partial charge in [-0.2, -0.15) is 4.98 Å². The minimum absolute atomic E-state index is 0.544. The lowest BCUT2D eigenvalue weighted by atomic mass is 9.85. The van der Waals surface area contributed by atoms with Gasteiger partial charge in [0.2, 0.25) is 5.88 Å². The zero-order chi connectivity index (χ0) is 13.9. The average molecular weight is 273 g/mol. The molecule has 3 rings (SSSR count). The van der Waals surface area contributed by atoms with E-state index in [2.05, 4.69) is 34.4 Å². The van der Waals surface area contributed by atoms with Crippen LogP contribution in [-0.4, -0.2) is 23.6 Å². The smallest absolute Gasteiger partial charge is 0.218 e. The Bertz CT molecular complexity index is 496. The summed E-state index contributed by atoms with van der Waals surface area (Å²) in [5.74, 6) is 4.33. The molecular formula is C16H23N3O. The molecule has 0 spiro atoms. The Hall–Kier alpha value is -1.58. The minimum Gasteiger partial charge on any atom is -0.477 e. The Labute approximate surface area is 120 Å². The Balaban J connectivity index is 1.67. The van der Waals surface area contributed by atoms with Gasteiger partial charge >= 0.3 is 0 Å². The van der Waals surface area contributed by atoms with Crippen LogP contribution in [0.15, 0.2) is 18.2 Å². The van der Waals surface area contributed by atoms with Crippen LogP contribution in [0.4, 0.5) is 5.82 Å². The molecule has 4 nitrogen and oxygen atoms in total. The molecule has 1 aromatic rings. The number of nitrogens with zero attached hydrogens (tertiary/aromatic N) is 2. The maximum absolute atomic E-state index is 5.95. The van der Waals surface area contributed by atoms with Gasteiger partial charge < -0.3 is 10.1 Å². The summed E-state index contributed by atoms with van der Waals surface area (Å²) in [5.41, 5.74) is 0. The summed E-state index contributed by atoms with van der Waals surface area (Å²) in [6.45, 7) is 3.04. The second-order valence-electron chi connectivity index (χ2n) is 5.97. The van der Waals surface area contributed by atoms with Gasteiger partial charge in [0, 0.05) is 19.0 Å². The van der Waals surface area contributed by atoms with Gasteiger partial charge in [-0.15, -0.1) is 0 Å². The van der Waals surface area contributed by atoms with E-state index in [1.165, 1.54) is 12.8 Å². The van der Waals surface area contributed by atoms with E-state index >= 15 is 0 Å². The highest BCUT2D eigenvalue weighted by Crippen LogP contribution is 2.39.